The van der Waals surface area contributed by atoms with Crippen molar-refractivity contribution in [3.63, 3.8) is 0 Å². The molecule has 0 unspecified atom stereocenters. The van der Waals surface area contributed by atoms with Crippen molar-refractivity contribution in [1.29, 1.82) is 0 Å². The zero-order valence-electron chi connectivity index (χ0n) is 15.4. The molecule has 0 bridgehead atoms. The molecule has 1 aromatic heterocycles. The lowest BCUT2D eigenvalue weighted by atomic mass is 10.0. The zero-order valence-corrected chi connectivity index (χ0v) is 15.4. The van der Waals surface area contributed by atoms with Crippen molar-refractivity contribution in [2.24, 2.45) is 0 Å². The minimum Gasteiger partial charge on any atom is -0.343 e. The van der Waals surface area contributed by atoms with Gasteiger partial charge in [0.25, 0.3) is 5.91 Å². The molecule has 1 fully saturated rings. The zero-order chi connectivity index (χ0) is 17.8. The fourth-order valence-corrected chi connectivity index (χ4v) is 3.39. The van der Waals surface area contributed by atoms with E-state index in [1.807, 2.05) is 12.1 Å². The molecular weight excluding hydrogens is 310 g/mol. The molecule has 1 aliphatic rings. The maximum Gasteiger partial charge on any atom is 0.271 e. The van der Waals surface area contributed by atoms with Gasteiger partial charge >= 0.3 is 0 Å². The minimum absolute atomic E-state index is 0.0720. The predicted molar refractivity (Wildman–Crippen MR) is 102 cm³/mol. The Balaban J connectivity index is 1.78. The fraction of sp³-hybridized carbons (Fsp3) is 0.429. The smallest absolute Gasteiger partial charge is 0.271 e. The van der Waals surface area contributed by atoms with Crippen LogP contribution in [-0.4, -0.2) is 47.9 Å². The van der Waals surface area contributed by atoms with Gasteiger partial charge in [0.05, 0.1) is 5.69 Å². The Morgan fingerprint density at radius 1 is 1.04 bits per heavy atom. The number of hydrogen-bond donors (Lipinski definition) is 0. The Bertz CT molecular complexity index is 718. The van der Waals surface area contributed by atoms with Crippen molar-refractivity contribution < 1.29 is 4.79 Å². The molecule has 0 N–H and O–H groups in total. The largest absolute Gasteiger partial charge is 0.343 e. The first kappa shape index (κ1) is 17.6. The molecule has 3 rings (SSSR count). The molecule has 2 aromatic rings. The van der Waals surface area contributed by atoms with Gasteiger partial charge in [0.1, 0.15) is 5.69 Å². The number of carbonyl (C=O) groups excluding carboxylic acids is 1. The van der Waals surface area contributed by atoms with E-state index in [9.17, 15) is 4.79 Å². The Hall–Kier alpha value is -2.20. The van der Waals surface area contributed by atoms with Gasteiger partial charge in [0.15, 0.2) is 0 Å². The third kappa shape index (κ3) is 4.07. The van der Waals surface area contributed by atoms with Gasteiger partial charge in [-0.15, -0.1) is 0 Å². The van der Waals surface area contributed by atoms with Crippen LogP contribution >= 0.6 is 0 Å². The molecule has 25 heavy (non-hydrogen) atoms. The molecule has 0 radical (unpaired) electrons. The molecular formula is C21H27N3O. The summed E-state index contributed by atoms with van der Waals surface area (Å²) in [4.78, 5) is 20.7. The van der Waals surface area contributed by atoms with Crippen LogP contribution in [0.1, 0.15) is 48.3 Å². The summed E-state index contributed by atoms with van der Waals surface area (Å²) in [7, 11) is 3.49. The van der Waals surface area contributed by atoms with Gasteiger partial charge in [0.2, 0.25) is 0 Å². The molecule has 1 aromatic carbocycles. The normalized spacial score (nSPS) is 16.4. The molecule has 1 atom stereocenters. The van der Waals surface area contributed by atoms with Crippen LogP contribution in [0.4, 0.5) is 0 Å². The minimum atomic E-state index is -0.0720. The van der Waals surface area contributed by atoms with Crippen molar-refractivity contribution in [1.82, 2.24) is 14.8 Å². The number of pyridine rings is 1. The van der Waals surface area contributed by atoms with Crippen LogP contribution in [-0.2, 0) is 0 Å². The Labute approximate surface area is 150 Å². The first-order valence-corrected chi connectivity index (χ1v) is 9.09. The molecule has 1 aliphatic heterocycles. The number of benzene rings is 1. The summed E-state index contributed by atoms with van der Waals surface area (Å²) >= 11 is 0. The quantitative estimate of drug-likeness (QED) is 0.846. The van der Waals surface area contributed by atoms with Crippen molar-refractivity contribution in [3.05, 3.63) is 53.7 Å². The first-order chi connectivity index (χ1) is 12.1. The van der Waals surface area contributed by atoms with E-state index >= 15 is 0 Å². The number of carbonyl (C=O) groups is 1. The van der Waals surface area contributed by atoms with Crippen molar-refractivity contribution in [2.45, 2.75) is 32.2 Å². The molecule has 4 nitrogen and oxygen atoms in total. The Morgan fingerprint density at radius 2 is 1.72 bits per heavy atom. The fourth-order valence-electron chi connectivity index (χ4n) is 3.39. The van der Waals surface area contributed by atoms with Gasteiger partial charge in [0, 0.05) is 25.7 Å². The summed E-state index contributed by atoms with van der Waals surface area (Å²) in [6.45, 7) is 4.67. The highest BCUT2D eigenvalue weighted by molar-refractivity contribution is 5.92. The van der Waals surface area contributed by atoms with Gasteiger partial charge in [-0.3, -0.25) is 9.69 Å². The van der Waals surface area contributed by atoms with E-state index in [-0.39, 0.29) is 5.91 Å². The average Bonchev–Trinajstić information content (AvgIpc) is 2.67. The van der Waals surface area contributed by atoms with Crippen LogP contribution in [0.3, 0.4) is 0 Å². The average molecular weight is 337 g/mol. The Morgan fingerprint density at radius 3 is 2.36 bits per heavy atom. The number of piperidine rings is 1. The van der Waals surface area contributed by atoms with E-state index < -0.39 is 0 Å². The second kappa shape index (κ2) is 7.79. The maximum absolute atomic E-state index is 12.1. The third-order valence-corrected chi connectivity index (χ3v) is 5.00. The van der Waals surface area contributed by atoms with E-state index in [0.717, 1.165) is 11.3 Å². The van der Waals surface area contributed by atoms with Crippen LogP contribution < -0.4 is 0 Å². The maximum atomic E-state index is 12.1. The van der Waals surface area contributed by atoms with Crippen molar-refractivity contribution in [2.75, 3.05) is 27.2 Å². The highest BCUT2D eigenvalue weighted by Crippen LogP contribution is 2.26. The summed E-state index contributed by atoms with van der Waals surface area (Å²) < 4.78 is 0. The molecule has 0 spiro atoms. The van der Waals surface area contributed by atoms with Crippen LogP contribution in [0.15, 0.2) is 42.5 Å². The lowest BCUT2D eigenvalue weighted by Crippen LogP contribution is -2.32. The van der Waals surface area contributed by atoms with Crippen LogP contribution in [0.5, 0.6) is 0 Å². The van der Waals surface area contributed by atoms with Crippen LogP contribution in [0, 0.1) is 0 Å². The van der Waals surface area contributed by atoms with Gasteiger partial charge in [-0.05, 0) is 50.6 Å². The summed E-state index contributed by atoms with van der Waals surface area (Å²) in [6, 6.07) is 14.7. The van der Waals surface area contributed by atoms with Gasteiger partial charge in [-0.25, -0.2) is 4.98 Å². The second-order valence-corrected chi connectivity index (χ2v) is 7.00. The van der Waals surface area contributed by atoms with E-state index in [1.54, 1.807) is 25.1 Å². The molecule has 0 saturated carbocycles. The van der Waals surface area contributed by atoms with E-state index in [1.165, 1.54) is 37.9 Å². The van der Waals surface area contributed by atoms with Gasteiger partial charge in [-0.1, -0.05) is 36.8 Å². The van der Waals surface area contributed by atoms with Crippen LogP contribution in [0.25, 0.3) is 11.3 Å². The Kier molecular flexibility index (Phi) is 5.49. The highest BCUT2D eigenvalue weighted by atomic mass is 16.2. The van der Waals surface area contributed by atoms with Gasteiger partial charge in [-0.2, -0.15) is 0 Å². The summed E-state index contributed by atoms with van der Waals surface area (Å²) in [6.07, 6.45) is 3.97. The molecule has 1 amide bonds. The number of amides is 1. The predicted octanol–water partition coefficient (Wildman–Crippen LogP) is 4.00. The topological polar surface area (TPSA) is 36.4 Å². The lowest BCUT2D eigenvalue weighted by Gasteiger charge is -2.32. The number of nitrogens with zero attached hydrogens (tertiary/aromatic N) is 3. The van der Waals surface area contributed by atoms with Gasteiger partial charge < -0.3 is 4.90 Å². The SMILES string of the molecule is C[C@@H](c1ccc(-c2cccc(C(=O)N(C)C)n2)cc1)N1CCCCC1. The number of rotatable bonds is 4. The molecule has 132 valence electrons. The van der Waals surface area contributed by atoms with Crippen molar-refractivity contribution >= 4 is 5.91 Å². The third-order valence-electron chi connectivity index (χ3n) is 5.00. The second-order valence-electron chi connectivity index (χ2n) is 7.00. The molecule has 0 aliphatic carbocycles. The van der Waals surface area contributed by atoms with E-state index in [4.69, 9.17) is 0 Å². The number of aromatic nitrogens is 1. The summed E-state index contributed by atoms with van der Waals surface area (Å²) in [5.74, 6) is -0.0720. The monoisotopic (exact) mass is 337 g/mol. The summed E-state index contributed by atoms with van der Waals surface area (Å²) in [5, 5.41) is 0. The number of likely N-dealkylation sites (tertiary alicyclic amines) is 1. The van der Waals surface area contributed by atoms with E-state index in [0.29, 0.717) is 11.7 Å². The standard InChI is InChI=1S/C21H27N3O/c1-16(24-14-5-4-6-15-24)17-10-12-18(13-11-17)19-8-7-9-20(22-19)21(25)23(2)3/h7-13,16H,4-6,14-15H2,1-3H3/t16-/m0/s1. The highest BCUT2D eigenvalue weighted by Gasteiger charge is 2.18. The number of hydrogen-bond acceptors (Lipinski definition) is 3. The molecule has 1 saturated heterocycles. The first-order valence-electron chi connectivity index (χ1n) is 9.09. The molecule has 2 heterocycles. The molecule has 4 heteroatoms. The summed E-state index contributed by atoms with van der Waals surface area (Å²) in [5.41, 5.74) is 3.70. The lowest BCUT2D eigenvalue weighted by molar-refractivity contribution is 0.0822. The van der Waals surface area contributed by atoms with Crippen molar-refractivity contribution in [3.8, 4) is 11.3 Å². The van der Waals surface area contributed by atoms with Crippen LogP contribution in [0.2, 0.25) is 0 Å². The van der Waals surface area contributed by atoms with E-state index in [2.05, 4.69) is 41.1 Å².